The standard InChI is InChI=1S/C21H23N3O5/c25-20(10-13-22-16-6-2-3-7-17(16)24(26)27)23-15-8-9-18-19(14-15)29-21(28-18)11-4-1-5-12-21/h2-3,6-9,14,22H,1,4-5,10-13H2,(H,23,25). The first-order valence-corrected chi connectivity index (χ1v) is 9.84. The number of rotatable bonds is 6. The van der Waals surface area contributed by atoms with E-state index in [2.05, 4.69) is 10.6 Å². The van der Waals surface area contributed by atoms with E-state index in [0.717, 1.165) is 25.7 Å². The number of nitro benzene ring substituents is 1. The Morgan fingerprint density at radius 1 is 1.07 bits per heavy atom. The highest BCUT2D eigenvalue weighted by atomic mass is 16.7. The van der Waals surface area contributed by atoms with Gasteiger partial charge >= 0.3 is 0 Å². The third-order valence-electron chi connectivity index (χ3n) is 5.20. The molecule has 1 spiro atoms. The van der Waals surface area contributed by atoms with Crippen molar-refractivity contribution in [2.75, 3.05) is 17.2 Å². The Hall–Kier alpha value is -3.29. The van der Waals surface area contributed by atoms with Gasteiger partial charge < -0.3 is 20.1 Å². The van der Waals surface area contributed by atoms with Crippen molar-refractivity contribution in [2.24, 2.45) is 0 Å². The second kappa shape index (κ2) is 7.98. The normalized spacial score (nSPS) is 16.4. The molecule has 4 rings (SSSR count). The van der Waals surface area contributed by atoms with Crippen molar-refractivity contribution in [3.8, 4) is 11.5 Å². The molecule has 1 aliphatic carbocycles. The maximum atomic E-state index is 12.3. The van der Waals surface area contributed by atoms with E-state index < -0.39 is 10.7 Å². The van der Waals surface area contributed by atoms with E-state index in [4.69, 9.17) is 9.47 Å². The fraction of sp³-hybridized carbons (Fsp3) is 0.381. The Bertz CT molecular complexity index is 924. The number of amides is 1. The largest absolute Gasteiger partial charge is 0.448 e. The van der Waals surface area contributed by atoms with Gasteiger partial charge in [-0.2, -0.15) is 0 Å². The maximum Gasteiger partial charge on any atom is 0.292 e. The van der Waals surface area contributed by atoms with Gasteiger partial charge in [0.1, 0.15) is 5.69 Å². The Kier molecular flexibility index (Phi) is 5.24. The third kappa shape index (κ3) is 4.26. The van der Waals surface area contributed by atoms with Gasteiger partial charge in [0, 0.05) is 43.6 Å². The number of nitrogens with one attached hydrogen (secondary N) is 2. The van der Waals surface area contributed by atoms with Crippen molar-refractivity contribution in [3.05, 3.63) is 52.6 Å². The minimum absolute atomic E-state index is 0.0136. The van der Waals surface area contributed by atoms with Gasteiger partial charge in [0.25, 0.3) is 11.5 Å². The minimum Gasteiger partial charge on any atom is -0.448 e. The molecule has 2 N–H and O–H groups in total. The molecule has 0 unspecified atom stereocenters. The molecule has 1 saturated carbocycles. The summed E-state index contributed by atoms with van der Waals surface area (Å²) in [6, 6.07) is 11.8. The molecular formula is C21H23N3O5. The highest BCUT2D eigenvalue weighted by Crippen LogP contribution is 2.46. The van der Waals surface area contributed by atoms with Gasteiger partial charge in [-0.3, -0.25) is 14.9 Å². The van der Waals surface area contributed by atoms with Crippen molar-refractivity contribution in [2.45, 2.75) is 44.3 Å². The molecule has 8 heteroatoms. The van der Waals surface area contributed by atoms with E-state index in [-0.39, 0.29) is 24.6 Å². The number of hydrogen-bond acceptors (Lipinski definition) is 6. The van der Waals surface area contributed by atoms with Crippen molar-refractivity contribution in [1.29, 1.82) is 0 Å². The van der Waals surface area contributed by atoms with Crippen LogP contribution in [0.3, 0.4) is 0 Å². The van der Waals surface area contributed by atoms with Crippen LogP contribution >= 0.6 is 0 Å². The summed E-state index contributed by atoms with van der Waals surface area (Å²) < 4.78 is 12.1. The number of benzene rings is 2. The Morgan fingerprint density at radius 2 is 1.83 bits per heavy atom. The Balaban J connectivity index is 1.31. The molecule has 0 bridgehead atoms. The average molecular weight is 397 g/mol. The van der Waals surface area contributed by atoms with Gasteiger partial charge in [-0.1, -0.05) is 18.6 Å². The molecule has 8 nitrogen and oxygen atoms in total. The molecule has 2 aliphatic rings. The first-order valence-electron chi connectivity index (χ1n) is 9.84. The van der Waals surface area contributed by atoms with E-state index in [1.165, 1.54) is 12.5 Å². The number of hydrogen-bond donors (Lipinski definition) is 2. The maximum absolute atomic E-state index is 12.3. The number of para-hydroxylation sites is 2. The van der Waals surface area contributed by atoms with Crippen molar-refractivity contribution in [1.82, 2.24) is 0 Å². The molecule has 152 valence electrons. The van der Waals surface area contributed by atoms with Crippen LogP contribution in [-0.2, 0) is 4.79 Å². The molecule has 1 amide bonds. The van der Waals surface area contributed by atoms with E-state index in [1.54, 1.807) is 30.3 Å². The van der Waals surface area contributed by atoms with E-state index >= 15 is 0 Å². The summed E-state index contributed by atoms with van der Waals surface area (Å²) in [6.45, 7) is 0.282. The fourth-order valence-corrected chi connectivity index (χ4v) is 3.78. The van der Waals surface area contributed by atoms with Crippen molar-refractivity contribution >= 4 is 23.0 Å². The SMILES string of the molecule is O=C(CCNc1ccccc1[N+](=O)[O-])Nc1ccc2c(c1)OC1(CCCCC1)O2. The van der Waals surface area contributed by atoms with Crippen LogP contribution in [0.2, 0.25) is 0 Å². The lowest BCUT2D eigenvalue weighted by Crippen LogP contribution is -2.40. The van der Waals surface area contributed by atoms with Gasteiger partial charge in [0.05, 0.1) is 4.92 Å². The topological polar surface area (TPSA) is 103 Å². The quantitative estimate of drug-likeness (QED) is 0.551. The number of anilines is 2. The molecule has 2 aromatic carbocycles. The monoisotopic (exact) mass is 397 g/mol. The van der Waals surface area contributed by atoms with Crippen molar-refractivity contribution in [3.63, 3.8) is 0 Å². The highest BCUT2D eigenvalue weighted by molar-refractivity contribution is 5.91. The molecular weight excluding hydrogens is 374 g/mol. The van der Waals surface area contributed by atoms with Crippen LogP contribution in [0, 0.1) is 10.1 Å². The van der Waals surface area contributed by atoms with Gasteiger partial charge in [-0.05, 0) is 31.0 Å². The molecule has 0 aromatic heterocycles. The fourth-order valence-electron chi connectivity index (χ4n) is 3.78. The second-order valence-electron chi connectivity index (χ2n) is 7.34. The van der Waals surface area contributed by atoms with Crippen molar-refractivity contribution < 1.29 is 19.2 Å². The summed E-state index contributed by atoms with van der Waals surface area (Å²) >= 11 is 0. The average Bonchev–Trinajstić information content (AvgIpc) is 3.05. The predicted octanol–water partition coefficient (Wildman–Crippen LogP) is 4.47. The number of carbonyl (C=O) groups excluding carboxylic acids is 1. The zero-order chi connectivity index (χ0) is 20.3. The Labute approximate surface area is 168 Å². The molecule has 29 heavy (non-hydrogen) atoms. The molecule has 2 aromatic rings. The molecule has 0 saturated heterocycles. The number of nitrogens with zero attached hydrogens (tertiary/aromatic N) is 1. The predicted molar refractivity (Wildman–Crippen MR) is 108 cm³/mol. The van der Waals surface area contributed by atoms with E-state index in [9.17, 15) is 14.9 Å². The van der Waals surface area contributed by atoms with Crippen LogP contribution in [0.5, 0.6) is 11.5 Å². The lowest BCUT2D eigenvalue weighted by Gasteiger charge is -2.31. The molecule has 1 heterocycles. The lowest BCUT2D eigenvalue weighted by atomic mass is 9.94. The van der Waals surface area contributed by atoms with Crippen LogP contribution in [0.4, 0.5) is 17.1 Å². The minimum atomic E-state index is -0.544. The zero-order valence-corrected chi connectivity index (χ0v) is 16.0. The van der Waals surface area contributed by atoms with Crippen LogP contribution in [0.25, 0.3) is 0 Å². The number of nitro groups is 1. The molecule has 1 fully saturated rings. The molecule has 0 atom stereocenters. The summed E-state index contributed by atoms with van der Waals surface area (Å²) in [7, 11) is 0. The van der Waals surface area contributed by atoms with Crippen LogP contribution in [0.15, 0.2) is 42.5 Å². The Morgan fingerprint density at radius 3 is 2.62 bits per heavy atom. The summed E-state index contributed by atoms with van der Waals surface area (Å²) in [5, 5.41) is 16.8. The highest BCUT2D eigenvalue weighted by Gasteiger charge is 2.42. The molecule has 1 aliphatic heterocycles. The van der Waals surface area contributed by atoms with Crippen LogP contribution in [0.1, 0.15) is 38.5 Å². The summed E-state index contributed by atoms with van der Waals surface area (Å²) in [5.41, 5.74) is 1.02. The summed E-state index contributed by atoms with van der Waals surface area (Å²) in [5.74, 6) is 0.630. The second-order valence-corrected chi connectivity index (χ2v) is 7.34. The summed E-state index contributed by atoms with van der Waals surface area (Å²) in [6.07, 6.45) is 5.30. The smallest absolute Gasteiger partial charge is 0.292 e. The van der Waals surface area contributed by atoms with Gasteiger partial charge in [-0.25, -0.2) is 0 Å². The van der Waals surface area contributed by atoms with Gasteiger partial charge in [-0.15, -0.1) is 0 Å². The van der Waals surface area contributed by atoms with Gasteiger partial charge in [0.15, 0.2) is 11.5 Å². The number of fused-ring (bicyclic) bond motifs is 1. The lowest BCUT2D eigenvalue weighted by molar-refractivity contribution is -0.384. The van der Waals surface area contributed by atoms with E-state index in [1.807, 2.05) is 6.07 Å². The molecule has 0 radical (unpaired) electrons. The van der Waals surface area contributed by atoms with Crippen LogP contribution in [-0.4, -0.2) is 23.2 Å². The van der Waals surface area contributed by atoms with E-state index in [0.29, 0.717) is 22.9 Å². The number of carbonyl (C=O) groups is 1. The van der Waals surface area contributed by atoms with Crippen LogP contribution < -0.4 is 20.1 Å². The number of ether oxygens (including phenoxy) is 2. The van der Waals surface area contributed by atoms with Gasteiger partial charge in [0.2, 0.25) is 5.91 Å². The zero-order valence-electron chi connectivity index (χ0n) is 16.0. The first-order chi connectivity index (χ1) is 14.0. The first kappa shape index (κ1) is 19.0. The summed E-state index contributed by atoms with van der Waals surface area (Å²) in [4.78, 5) is 22.8. The third-order valence-corrected chi connectivity index (χ3v) is 5.20.